The van der Waals surface area contributed by atoms with Crippen molar-refractivity contribution in [1.82, 2.24) is 9.97 Å². The zero-order chi connectivity index (χ0) is 11.9. The fourth-order valence-corrected chi connectivity index (χ4v) is 2.27. The second kappa shape index (κ2) is 6.42. The highest BCUT2D eigenvalue weighted by molar-refractivity contribution is 5.31. The minimum Gasteiger partial charge on any atom is -0.476 e. The molecule has 1 aliphatic carbocycles. The predicted octanol–water partition coefficient (Wildman–Crippen LogP) is 2.87. The Bertz CT molecular complexity index is 335. The summed E-state index contributed by atoms with van der Waals surface area (Å²) in [7, 11) is 1.83. The summed E-state index contributed by atoms with van der Waals surface area (Å²) >= 11 is 0. The van der Waals surface area contributed by atoms with Crippen molar-refractivity contribution in [3.63, 3.8) is 0 Å². The zero-order valence-electron chi connectivity index (χ0n) is 10.5. The highest BCUT2D eigenvalue weighted by Gasteiger charge is 2.13. The largest absolute Gasteiger partial charge is 0.476 e. The van der Waals surface area contributed by atoms with Crippen molar-refractivity contribution in [2.75, 3.05) is 19.0 Å². The molecule has 0 spiro atoms. The lowest BCUT2D eigenvalue weighted by molar-refractivity contribution is 0.225. The number of ether oxygens (including phenoxy) is 1. The highest BCUT2D eigenvalue weighted by Crippen LogP contribution is 2.23. The molecule has 1 aromatic rings. The lowest BCUT2D eigenvalue weighted by atomic mass is 10.0. The maximum absolute atomic E-state index is 5.73. The fraction of sp³-hybridized carbons (Fsp3) is 0.692. The van der Waals surface area contributed by atoms with E-state index in [1.54, 1.807) is 12.4 Å². The van der Waals surface area contributed by atoms with Gasteiger partial charge >= 0.3 is 0 Å². The molecule has 1 saturated carbocycles. The molecule has 0 aromatic carbocycles. The average Bonchev–Trinajstić information content (AvgIpc) is 2.65. The second-order valence-electron chi connectivity index (χ2n) is 4.66. The number of nitrogens with one attached hydrogen (secondary N) is 1. The summed E-state index contributed by atoms with van der Waals surface area (Å²) in [5.74, 6) is 2.07. The number of hydrogen-bond acceptors (Lipinski definition) is 4. The first kappa shape index (κ1) is 12.1. The number of hydrogen-bond donors (Lipinski definition) is 1. The molecule has 0 aliphatic heterocycles. The van der Waals surface area contributed by atoms with E-state index in [-0.39, 0.29) is 0 Å². The molecule has 1 heterocycles. The number of aromatic nitrogens is 2. The highest BCUT2D eigenvalue weighted by atomic mass is 16.5. The standard InChI is InChI=1S/C13H21N3O/c1-14-12-8-15-9-13(16-12)17-10-11-6-4-2-3-5-7-11/h8-9,11H,2-7,10H2,1H3,(H,14,16). The maximum Gasteiger partial charge on any atom is 0.234 e. The van der Waals surface area contributed by atoms with Gasteiger partial charge in [-0.2, -0.15) is 4.98 Å². The Hall–Kier alpha value is -1.32. The Labute approximate surface area is 103 Å². The van der Waals surface area contributed by atoms with E-state index in [2.05, 4.69) is 15.3 Å². The van der Waals surface area contributed by atoms with Crippen LogP contribution in [0.25, 0.3) is 0 Å². The van der Waals surface area contributed by atoms with Gasteiger partial charge in [0.05, 0.1) is 19.0 Å². The van der Waals surface area contributed by atoms with E-state index >= 15 is 0 Å². The Morgan fingerprint density at radius 1 is 1.24 bits per heavy atom. The molecule has 0 amide bonds. The SMILES string of the molecule is CNc1cncc(OCC2CCCCCC2)n1. The summed E-state index contributed by atoms with van der Waals surface area (Å²) in [6.07, 6.45) is 11.4. The van der Waals surface area contributed by atoms with Crippen molar-refractivity contribution in [2.45, 2.75) is 38.5 Å². The summed E-state index contributed by atoms with van der Waals surface area (Å²) in [4.78, 5) is 8.39. The van der Waals surface area contributed by atoms with Gasteiger partial charge in [0.1, 0.15) is 5.82 Å². The summed E-state index contributed by atoms with van der Waals surface area (Å²) in [6.45, 7) is 0.780. The molecule has 1 aliphatic rings. The van der Waals surface area contributed by atoms with Gasteiger partial charge in [0, 0.05) is 7.05 Å². The average molecular weight is 235 g/mol. The first-order valence-electron chi connectivity index (χ1n) is 6.51. The number of rotatable bonds is 4. The van der Waals surface area contributed by atoms with Gasteiger partial charge in [-0.15, -0.1) is 0 Å². The third-order valence-electron chi connectivity index (χ3n) is 3.31. The third kappa shape index (κ3) is 3.88. The van der Waals surface area contributed by atoms with Crippen LogP contribution in [0, 0.1) is 5.92 Å². The summed E-state index contributed by atoms with van der Waals surface area (Å²) in [6, 6.07) is 0. The quantitative estimate of drug-likeness (QED) is 0.815. The van der Waals surface area contributed by atoms with Gasteiger partial charge in [0.25, 0.3) is 0 Å². The monoisotopic (exact) mass is 235 g/mol. The second-order valence-corrected chi connectivity index (χ2v) is 4.66. The molecule has 0 bridgehead atoms. The molecular formula is C13H21N3O. The molecule has 0 radical (unpaired) electrons. The van der Waals surface area contributed by atoms with Crippen molar-refractivity contribution in [1.29, 1.82) is 0 Å². The number of nitrogens with zero attached hydrogens (tertiary/aromatic N) is 2. The minimum absolute atomic E-state index is 0.626. The van der Waals surface area contributed by atoms with Crippen LogP contribution in [0.3, 0.4) is 0 Å². The van der Waals surface area contributed by atoms with Crippen molar-refractivity contribution < 1.29 is 4.74 Å². The van der Waals surface area contributed by atoms with Crippen LogP contribution in [0.4, 0.5) is 5.82 Å². The first-order valence-corrected chi connectivity index (χ1v) is 6.51. The molecule has 2 rings (SSSR count). The summed E-state index contributed by atoms with van der Waals surface area (Å²) in [5.41, 5.74) is 0. The van der Waals surface area contributed by atoms with Crippen molar-refractivity contribution in [2.24, 2.45) is 5.92 Å². The van der Waals surface area contributed by atoms with Gasteiger partial charge in [0.2, 0.25) is 5.88 Å². The smallest absolute Gasteiger partial charge is 0.234 e. The lowest BCUT2D eigenvalue weighted by Crippen LogP contribution is -2.12. The molecule has 17 heavy (non-hydrogen) atoms. The first-order chi connectivity index (χ1) is 8.38. The summed E-state index contributed by atoms with van der Waals surface area (Å²) in [5, 5.41) is 2.96. The van der Waals surface area contributed by atoms with E-state index in [9.17, 15) is 0 Å². The van der Waals surface area contributed by atoms with E-state index in [0.717, 1.165) is 12.4 Å². The van der Waals surface area contributed by atoms with Crippen LogP contribution in [0.2, 0.25) is 0 Å². The van der Waals surface area contributed by atoms with Crippen LogP contribution in [-0.2, 0) is 0 Å². The van der Waals surface area contributed by atoms with Gasteiger partial charge in [-0.3, -0.25) is 4.98 Å². The van der Waals surface area contributed by atoms with Crippen molar-refractivity contribution >= 4 is 5.82 Å². The Morgan fingerprint density at radius 2 is 2.00 bits per heavy atom. The maximum atomic E-state index is 5.73. The van der Waals surface area contributed by atoms with Crippen LogP contribution in [0.15, 0.2) is 12.4 Å². The van der Waals surface area contributed by atoms with Gasteiger partial charge in [-0.1, -0.05) is 25.7 Å². The van der Waals surface area contributed by atoms with Crippen molar-refractivity contribution in [3.8, 4) is 5.88 Å². The molecule has 4 nitrogen and oxygen atoms in total. The Morgan fingerprint density at radius 3 is 2.71 bits per heavy atom. The van der Waals surface area contributed by atoms with Gasteiger partial charge < -0.3 is 10.1 Å². The van der Waals surface area contributed by atoms with Crippen LogP contribution in [0.1, 0.15) is 38.5 Å². The molecule has 1 fully saturated rings. The molecule has 94 valence electrons. The molecular weight excluding hydrogens is 214 g/mol. The predicted molar refractivity (Wildman–Crippen MR) is 68.3 cm³/mol. The van der Waals surface area contributed by atoms with Gasteiger partial charge in [-0.25, -0.2) is 0 Å². The normalized spacial score (nSPS) is 17.5. The molecule has 4 heteroatoms. The van der Waals surface area contributed by atoms with Gasteiger partial charge in [0.15, 0.2) is 0 Å². The third-order valence-corrected chi connectivity index (χ3v) is 3.31. The molecule has 1 aromatic heterocycles. The van der Waals surface area contributed by atoms with E-state index in [0.29, 0.717) is 11.8 Å². The lowest BCUT2D eigenvalue weighted by Gasteiger charge is -2.14. The number of anilines is 1. The fourth-order valence-electron chi connectivity index (χ4n) is 2.27. The van der Waals surface area contributed by atoms with E-state index in [1.807, 2.05) is 7.05 Å². The van der Waals surface area contributed by atoms with Crippen LogP contribution >= 0.6 is 0 Å². The topological polar surface area (TPSA) is 47.0 Å². The Balaban J connectivity index is 1.83. The van der Waals surface area contributed by atoms with Crippen LogP contribution in [-0.4, -0.2) is 23.6 Å². The minimum atomic E-state index is 0.626. The van der Waals surface area contributed by atoms with Crippen molar-refractivity contribution in [3.05, 3.63) is 12.4 Å². The van der Waals surface area contributed by atoms with E-state index in [4.69, 9.17) is 4.74 Å². The molecule has 1 N–H and O–H groups in total. The molecule has 0 saturated heterocycles. The van der Waals surface area contributed by atoms with E-state index < -0.39 is 0 Å². The van der Waals surface area contributed by atoms with Crippen LogP contribution < -0.4 is 10.1 Å². The van der Waals surface area contributed by atoms with E-state index in [1.165, 1.54) is 38.5 Å². The molecule has 0 unspecified atom stereocenters. The summed E-state index contributed by atoms with van der Waals surface area (Å²) < 4.78 is 5.73. The Kier molecular flexibility index (Phi) is 4.59. The zero-order valence-corrected chi connectivity index (χ0v) is 10.5. The van der Waals surface area contributed by atoms with Gasteiger partial charge in [-0.05, 0) is 18.8 Å². The van der Waals surface area contributed by atoms with Crippen LogP contribution in [0.5, 0.6) is 5.88 Å². The molecule has 0 atom stereocenters.